The van der Waals surface area contributed by atoms with Crippen LogP contribution in [0.3, 0.4) is 0 Å². The number of nitrogens with zero attached hydrogens (tertiary/aromatic N) is 1. The summed E-state index contributed by atoms with van der Waals surface area (Å²) in [5.41, 5.74) is 2.60. The maximum absolute atomic E-state index is 13.4. The predicted octanol–water partition coefficient (Wildman–Crippen LogP) is 4.84. The summed E-state index contributed by atoms with van der Waals surface area (Å²) < 4.78 is 29.0. The molecule has 1 heterocycles. The minimum absolute atomic E-state index is 0.0980. The number of amides is 1. The Morgan fingerprint density at radius 3 is 2.55 bits per heavy atom. The zero-order chi connectivity index (χ0) is 20.6. The molecule has 0 aliphatic carbocycles. The number of hydrogen-bond donors (Lipinski definition) is 1. The van der Waals surface area contributed by atoms with Crippen molar-refractivity contribution >= 4 is 43.2 Å². The minimum atomic E-state index is -3.79. The molecule has 1 atom stereocenters. The molecule has 0 fully saturated rings. The van der Waals surface area contributed by atoms with Crippen LogP contribution in [0.1, 0.15) is 22.8 Å². The molecule has 0 saturated heterocycles. The van der Waals surface area contributed by atoms with Crippen LogP contribution in [0.5, 0.6) is 0 Å². The van der Waals surface area contributed by atoms with E-state index in [1.54, 1.807) is 18.2 Å². The van der Waals surface area contributed by atoms with Gasteiger partial charge in [-0.2, -0.15) is 0 Å². The SMILES string of the molecule is CC1Cc2ccccc2N1S(=O)(=O)c1cccc(C(=O)Nc2ccccc2Br)c1. The molecule has 1 unspecified atom stereocenters. The van der Waals surface area contributed by atoms with Gasteiger partial charge < -0.3 is 5.32 Å². The highest BCUT2D eigenvalue weighted by Gasteiger charge is 2.36. The van der Waals surface area contributed by atoms with Crippen molar-refractivity contribution in [1.29, 1.82) is 0 Å². The fourth-order valence-corrected chi connectivity index (χ4v) is 5.69. The highest BCUT2D eigenvalue weighted by molar-refractivity contribution is 9.10. The van der Waals surface area contributed by atoms with Crippen molar-refractivity contribution in [2.45, 2.75) is 24.3 Å². The molecule has 1 aliphatic heterocycles. The summed E-state index contributed by atoms with van der Waals surface area (Å²) in [7, 11) is -3.79. The standard InChI is InChI=1S/C22H19BrN2O3S/c1-15-13-16-7-2-5-12-21(16)25(15)29(27,28)18-9-6-8-17(14-18)22(26)24-20-11-4-3-10-19(20)23/h2-12,14-15H,13H2,1H3,(H,24,26). The third kappa shape index (κ3) is 3.68. The molecule has 1 aliphatic rings. The lowest BCUT2D eigenvalue weighted by atomic mass is 10.1. The van der Waals surface area contributed by atoms with Gasteiger partial charge in [0.25, 0.3) is 15.9 Å². The van der Waals surface area contributed by atoms with E-state index in [2.05, 4.69) is 21.2 Å². The van der Waals surface area contributed by atoms with Crippen molar-refractivity contribution in [2.75, 3.05) is 9.62 Å². The number of para-hydroxylation sites is 2. The lowest BCUT2D eigenvalue weighted by molar-refractivity contribution is 0.102. The first kappa shape index (κ1) is 19.7. The predicted molar refractivity (Wildman–Crippen MR) is 118 cm³/mol. The van der Waals surface area contributed by atoms with Gasteiger partial charge in [-0.15, -0.1) is 0 Å². The van der Waals surface area contributed by atoms with Crippen molar-refractivity contribution in [1.82, 2.24) is 0 Å². The Balaban J connectivity index is 1.66. The molecule has 4 rings (SSSR count). The summed E-state index contributed by atoms with van der Waals surface area (Å²) in [6, 6.07) is 20.7. The molecular formula is C22H19BrN2O3S. The number of fused-ring (bicyclic) bond motifs is 1. The van der Waals surface area contributed by atoms with E-state index >= 15 is 0 Å². The molecular weight excluding hydrogens is 452 g/mol. The van der Waals surface area contributed by atoms with E-state index in [-0.39, 0.29) is 22.4 Å². The number of hydrogen-bond acceptors (Lipinski definition) is 3. The molecule has 5 nitrogen and oxygen atoms in total. The first-order valence-corrected chi connectivity index (χ1v) is 11.4. The van der Waals surface area contributed by atoms with Crippen molar-refractivity contribution in [2.24, 2.45) is 0 Å². The van der Waals surface area contributed by atoms with Crippen LogP contribution in [0, 0.1) is 0 Å². The van der Waals surface area contributed by atoms with Gasteiger partial charge in [0, 0.05) is 16.1 Å². The lowest BCUT2D eigenvalue weighted by Gasteiger charge is -2.24. The molecule has 1 amide bonds. The molecule has 3 aromatic rings. The Bertz CT molecular complexity index is 1190. The fourth-order valence-electron chi connectivity index (χ4n) is 3.57. The Labute approximate surface area is 178 Å². The van der Waals surface area contributed by atoms with Crippen molar-refractivity contribution < 1.29 is 13.2 Å². The van der Waals surface area contributed by atoms with Gasteiger partial charge in [0.15, 0.2) is 0 Å². The van der Waals surface area contributed by atoms with Crippen LogP contribution in [0.4, 0.5) is 11.4 Å². The first-order chi connectivity index (χ1) is 13.9. The summed E-state index contributed by atoms with van der Waals surface area (Å²) in [4.78, 5) is 12.8. The van der Waals surface area contributed by atoms with E-state index < -0.39 is 10.0 Å². The monoisotopic (exact) mass is 470 g/mol. The van der Waals surface area contributed by atoms with Gasteiger partial charge >= 0.3 is 0 Å². The van der Waals surface area contributed by atoms with Crippen LogP contribution in [-0.2, 0) is 16.4 Å². The zero-order valence-corrected chi connectivity index (χ0v) is 18.1. The van der Waals surface area contributed by atoms with Crippen molar-refractivity contribution in [3.63, 3.8) is 0 Å². The van der Waals surface area contributed by atoms with Gasteiger partial charge in [-0.05, 0) is 71.2 Å². The van der Waals surface area contributed by atoms with Crippen LogP contribution in [0.25, 0.3) is 0 Å². The molecule has 148 valence electrons. The van der Waals surface area contributed by atoms with Gasteiger partial charge in [-0.3, -0.25) is 9.10 Å². The molecule has 0 bridgehead atoms. The molecule has 0 radical (unpaired) electrons. The van der Waals surface area contributed by atoms with E-state index in [1.165, 1.54) is 16.4 Å². The lowest BCUT2D eigenvalue weighted by Crippen LogP contribution is -2.35. The van der Waals surface area contributed by atoms with E-state index in [0.29, 0.717) is 17.8 Å². The Hall–Kier alpha value is -2.64. The normalized spacial score (nSPS) is 15.8. The second-order valence-electron chi connectivity index (χ2n) is 6.94. The average Bonchev–Trinajstić information content (AvgIpc) is 3.06. The second-order valence-corrected chi connectivity index (χ2v) is 9.61. The van der Waals surface area contributed by atoms with Gasteiger partial charge in [-0.1, -0.05) is 36.4 Å². The first-order valence-electron chi connectivity index (χ1n) is 9.16. The van der Waals surface area contributed by atoms with E-state index in [4.69, 9.17) is 0 Å². The van der Waals surface area contributed by atoms with E-state index in [0.717, 1.165) is 10.0 Å². The maximum Gasteiger partial charge on any atom is 0.264 e. The summed E-state index contributed by atoms with van der Waals surface area (Å²) in [5, 5.41) is 2.80. The third-order valence-corrected chi connectivity index (χ3v) is 7.54. The Morgan fingerprint density at radius 1 is 1.03 bits per heavy atom. The zero-order valence-electron chi connectivity index (χ0n) is 15.7. The summed E-state index contributed by atoms with van der Waals surface area (Å²) in [6.07, 6.45) is 0.664. The van der Waals surface area contributed by atoms with Gasteiger partial charge in [0.2, 0.25) is 0 Å². The molecule has 0 saturated carbocycles. The van der Waals surface area contributed by atoms with Gasteiger partial charge in [-0.25, -0.2) is 8.42 Å². The van der Waals surface area contributed by atoms with Crippen LogP contribution < -0.4 is 9.62 Å². The third-order valence-electron chi connectivity index (χ3n) is 4.92. The minimum Gasteiger partial charge on any atom is -0.321 e. The smallest absolute Gasteiger partial charge is 0.264 e. The number of nitrogens with one attached hydrogen (secondary N) is 1. The van der Waals surface area contributed by atoms with Crippen molar-refractivity contribution in [3.8, 4) is 0 Å². The van der Waals surface area contributed by atoms with E-state index in [1.807, 2.05) is 49.4 Å². The Morgan fingerprint density at radius 2 is 1.76 bits per heavy atom. The molecule has 0 spiro atoms. The summed E-state index contributed by atoms with van der Waals surface area (Å²) in [6.45, 7) is 1.89. The second kappa shape index (κ2) is 7.65. The van der Waals surface area contributed by atoms with Crippen LogP contribution >= 0.6 is 15.9 Å². The van der Waals surface area contributed by atoms with Crippen LogP contribution in [0.15, 0.2) is 82.2 Å². The number of halogens is 1. The molecule has 29 heavy (non-hydrogen) atoms. The highest BCUT2D eigenvalue weighted by atomic mass is 79.9. The molecule has 0 aromatic heterocycles. The summed E-state index contributed by atoms with van der Waals surface area (Å²) in [5.74, 6) is -0.371. The number of anilines is 2. The molecule has 7 heteroatoms. The van der Waals surface area contributed by atoms with Gasteiger partial charge in [0.1, 0.15) is 0 Å². The highest BCUT2D eigenvalue weighted by Crippen LogP contribution is 2.36. The number of sulfonamides is 1. The molecule has 1 N–H and O–H groups in total. The van der Waals surface area contributed by atoms with Crippen LogP contribution in [0.2, 0.25) is 0 Å². The topological polar surface area (TPSA) is 66.5 Å². The summed E-state index contributed by atoms with van der Waals surface area (Å²) >= 11 is 3.39. The number of benzene rings is 3. The number of carbonyl (C=O) groups excluding carboxylic acids is 1. The van der Waals surface area contributed by atoms with E-state index in [9.17, 15) is 13.2 Å². The van der Waals surface area contributed by atoms with Crippen molar-refractivity contribution in [3.05, 3.63) is 88.4 Å². The Kier molecular flexibility index (Phi) is 5.19. The fraction of sp³-hybridized carbons (Fsp3) is 0.136. The largest absolute Gasteiger partial charge is 0.321 e. The average molecular weight is 471 g/mol. The number of rotatable bonds is 4. The number of carbonyl (C=O) groups is 1. The van der Waals surface area contributed by atoms with Gasteiger partial charge in [0.05, 0.1) is 16.3 Å². The quantitative estimate of drug-likeness (QED) is 0.592. The van der Waals surface area contributed by atoms with Crippen LogP contribution in [-0.4, -0.2) is 20.4 Å². The molecule has 3 aromatic carbocycles. The maximum atomic E-state index is 13.4.